The first-order chi connectivity index (χ1) is 7.07. The highest BCUT2D eigenvalue weighted by atomic mass is 16.5. The summed E-state index contributed by atoms with van der Waals surface area (Å²) in [7, 11) is 1.73. The average Bonchev–Trinajstić information content (AvgIpc) is 2.67. The van der Waals surface area contributed by atoms with E-state index < -0.39 is 30.5 Å². The van der Waals surface area contributed by atoms with E-state index in [0.29, 0.717) is 6.61 Å². The molecule has 0 aromatic heterocycles. The molecule has 0 radical (unpaired) electrons. The third-order valence-corrected chi connectivity index (χ3v) is 3.46. The predicted molar refractivity (Wildman–Crippen MR) is 50.1 cm³/mol. The van der Waals surface area contributed by atoms with Gasteiger partial charge in [-0.05, 0) is 7.05 Å². The summed E-state index contributed by atoms with van der Waals surface area (Å²) >= 11 is 0. The van der Waals surface area contributed by atoms with Crippen molar-refractivity contribution in [3.63, 3.8) is 0 Å². The highest BCUT2D eigenvalue weighted by Crippen LogP contribution is 2.35. The van der Waals surface area contributed by atoms with Gasteiger partial charge in [-0.3, -0.25) is 0 Å². The van der Waals surface area contributed by atoms with Crippen molar-refractivity contribution < 1.29 is 25.2 Å². The van der Waals surface area contributed by atoms with Crippen LogP contribution < -0.4 is 5.32 Å². The first-order valence-corrected chi connectivity index (χ1v) is 5.09. The minimum absolute atomic E-state index is 0.109. The van der Waals surface area contributed by atoms with E-state index in [0.717, 1.165) is 0 Å². The second-order valence-corrected chi connectivity index (χ2v) is 4.23. The van der Waals surface area contributed by atoms with Crippen molar-refractivity contribution in [3.8, 4) is 0 Å². The van der Waals surface area contributed by atoms with Crippen LogP contribution >= 0.6 is 0 Å². The van der Waals surface area contributed by atoms with Gasteiger partial charge in [-0.25, -0.2) is 0 Å². The number of ether oxygens (including phenoxy) is 1. The molecule has 1 heterocycles. The summed E-state index contributed by atoms with van der Waals surface area (Å²) in [5, 5.41) is 41.4. The highest BCUT2D eigenvalue weighted by molar-refractivity contribution is 5.05. The molecule has 0 aromatic carbocycles. The van der Waals surface area contributed by atoms with E-state index in [2.05, 4.69) is 5.32 Å². The molecular weight excluding hydrogens is 202 g/mol. The fraction of sp³-hybridized carbons (Fsp3) is 1.00. The molecule has 1 saturated heterocycles. The summed E-state index contributed by atoms with van der Waals surface area (Å²) in [6, 6.07) is -0.109. The normalized spacial score (nSPS) is 55.4. The van der Waals surface area contributed by atoms with Gasteiger partial charge in [-0.1, -0.05) is 0 Å². The molecule has 5 N–H and O–H groups in total. The lowest BCUT2D eigenvalue weighted by Crippen LogP contribution is -2.62. The van der Waals surface area contributed by atoms with Crippen LogP contribution in [0.2, 0.25) is 0 Å². The van der Waals surface area contributed by atoms with Gasteiger partial charge in [-0.15, -0.1) is 0 Å². The molecule has 88 valence electrons. The zero-order valence-corrected chi connectivity index (χ0v) is 8.45. The molecule has 1 aliphatic heterocycles. The fourth-order valence-electron chi connectivity index (χ4n) is 2.53. The van der Waals surface area contributed by atoms with Crippen molar-refractivity contribution >= 4 is 0 Å². The molecule has 0 spiro atoms. The Labute approximate surface area is 87.5 Å². The highest BCUT2D eigenvalue weighted by Gasteiger charge is 2.54. The van der Waals surface area contributed by atoms with Crippen molar-refractivity contribution in [2.24, 2.45) is 5.92 Å². The van der Waals surface area contributed by atoms with Gasteiger partial charge in [-0.2, -0.15) is 0 Å². The van der Waals surface area contributed by atoms with Crippen LogP contribution in [-0.4, -0.2) is 70.6 Å². The molecule has 7 atom stereocenters. The molecule has 1 saturated carbocycles. The van der Waals surface area contributed by atoms with Crippen LogP contribution in [0.3, 0.4) is 0 Å². The predicted octanol–water partition coefficient (Wildman–Crippen LogP) is -2.95. The summed E-state index contributed by atoms with van der Waals surface area (Å²) in [5.74, 6) is -0.386. The topological polar surface area (TPSA) is 102 Å². The van der Waals surface area contributed by atoms with Gasteiger partial charge in [0.05, 0.1) is 18.8 Å². The lowest BCUT2D eigenvalue weighted by molar-refractivity contribution is -0.194. The molecule has 6 nitrogen and oxygen atoms in total. The van der Waals surface area contributed by atoms with Crippen molar-refractivity contribution in [3.05, 3.63) is 0 Å². The van der Waals surface area contributed by atoms with E-state index in [4.69, 9.17) is 4.74 Å². The molecule has 2 rings (SSSR count). The summed E-state index contributed by atoms with van der Waals surface area (Å²) in [6.07, 6.45) is -5.51. The van der Waals surface area contributed by atoms with Gasteiger partial charge in [0.2, 0.25) is 0 Å². The first kappa shape index (κ1) is 11.3. The Balaban J connectivity index is 2.21. The van der Waals surface area contributed by atoms with Crippen LogP contribution in [0.1, 0.15) is 0 Å². The second-order valence-electron chi connectivity index (χ2n) is 4.23. The van der Waals surface area contributed by atoms with E-state index in [9.17, 15) is 20.4 Å². The van der Waals surface area contributed by atoms with Gasteiger partial charge < -0.3 is 30.5 Å². The van der Waals surface area contributed by atoms with Crippen LogP contribution in [0, 0.1) is 5.92 Å². The molecule has 1 aliphatic carbocycles. The number of hydrogen-bond donors (Lipinski definition) is 5. The Morgan fingerprint density at radius 1 is 1.00 bits per heavy atom. The monoisotopic (exact) mass is 219 g/mol. The van der Waals surface area contributed by atoms with Crippen molar-refractivity contribution in [1.29, 1.82) is 0 Å². The van der Waals surface area contributed by atoms with Gasteiger partial charge in [0.25, 0.3) is 0 Å². The molecule has 0 amide bonds. The number of rotatable bonds is 1. The minimum atomic E-state index is -1.35. The SMILES string of the molecule is CN[C@@H]1CO[C@@H]2[C@@H](O)[C@H](O)[C@@H](O)[C@H](O)[C@@H]21. The van der Waals surface area contributed by atoms with Crippen molar-refractivity contribution in [2.75, 3.05) is 13.7 Å². The molecule has 2 aliphatic rings. The average molecular weight is 219 g/mol. The number of fused-ring (bicyclic) bond motifs is 1. The van der Waals surface area contributed by atoms with E-state index in [1.807, 2.05) is 0 Å². The van der Waals surface area contributed by atoms with Crippen LogP contribution in [0.15, 0.2) is 0 Å². The maximum Gasteiger partial charge on any atom is 0.111 e. The van der Waals surface area contributed by atoms with Crippen molar-refractivity contribution in [1.82, 2.24) is 5.32 Å². The third-order valence-electron chi connectivity index (χ3n) is 3.46. The van der Waals surface area contributed by atoms with Crippen LogP contribution in [-0.2, 0) is 4.74 Å². The van der Waals surface area contributed by atoms with E-state index in [1.54, 1.807) is 7.05 Å². The minimum Gasteiger partial charge on any atom is -0.390 e. The maximum atomic E-state index is 9.80. The standard InChI is InChI=1S/C9H17NO5/c1-10-3-2-15-9-4(3)5(11)6(12)7(13)8(9)14/h3-14H,2H2,1H3/t3-,4+,5-,6+,7-,8+,9+/m1/s1. The Kier molecular flexibility index (Phi) is 2.98. The van der Waals surface area contributed by atoms with Crippen LogP contribution in [0.25, 0.3) is 0 Å². The Bertz CT molecular complexity index is 239. The fourth-order valence-corrected chi connectivity index (χ4v) is 2.53. The van der Waals surface area contributed by atoms with E-state index >= 15 is 0 Å². The molecule has 6 heteroatoms. The van der Waals surface area contributed by atoms with Crippen LogP contribution in [0.4, 0.5) is 0 Å². The molecule has 15 heavy (non-hydrogen) atoms. The smallest absolute Gasteiger partial charge is 0.111 e. The Morgan fingerprint density at radius 3 is 2.20 bits per heavy atom. The Hall–Kier alpha value is -0.240. The summed E-state index contributed by atoms with van der Waals surface area (Å²) < 4.78 is 5.32. The number of aliphatic hydroxyl groups excluding tert-OH is 4. The summed E-state index contributed by atoms with van der Waals surface area (Å²) in [5.41, 5.74) is 0. The molecular formula is C9H17NO5. The quantitative estimate of drug-likeness (QED) is 0.323. The summed E-state index contributed by atoms with van der Waals surface area (Å²) in [4.78, 5) is 0. The van der Waals surface area contributed by atoms with Gasteiger partial charge in [0.1, 0.15) is 18.3 Å². The van der Waals surface area contributed by atoms with E-state index in [1.165, 1.54) is 0 Å². The third kappa shape index (κ3) is 1.57. The van der Waals surface area contributed by atoms with Crippen molar-refractivity contribution in [2.45, 2.75) is 36.6 Å². The van der Waals surface area contributed by atoms with Gasteiger partial charge in [0.15, 0.2) is 0 Å². The molecule has 0 unspecified atom stereocenters. The largest absolute Gasteiger partial charge is 0.390 e. The number of nitrogens with one attached hydrogen (secondary N) is 1. The number of aliphatic hydroxyl groups is 4. The maximum absolute atomic E-state index is 9.80. The second kappa shape index (κ2) is 3.97. The van der Waals surface area contributed by atoms with Gasteiger partial charge in [0, 0.05) is 12.0 Å². The van der Waals surface area contributed by atoms with Crippen LogP contribution in [0.5, 0.6) is 0 Å². The molecule has 0 bridgehead atoms. The summed E-state index contributed by atoms with van der Waals surface area (Å²) in [6.45, 7) is 0.361. The molecule has 0 aromatic rings. The number of likely N-dealkylation sites (N-methyl/N-ethyl adjacent to an activating group) is 1. The lowest BCUT2D eigenvalue weighted by Gasteiger charge is -2.41. The zero-order valence-electron chi connectivity index (χ0n) is 8.45. The van der Waals surface area contributed by atoms with Gasteiger partial charge >= 0.3 is 0 Å². The lowest BCUT2D eigenvalue weighted by atomic mass is 9.76. The Morgan fingerprint density at radius 2 is 1.60 bits per heavy atom. The number of hydrogen-bond acceptors (Lipinski definition) is 6. The zero-order chi connectivity index (χ0) is 11.2. The molecule has 2 fully saturated rings. The van der Waals surface area contributed by atoms with E-state index in [-0.39, 0.29) is 12.0 Å². The first-order valence-electron chi connectivity index (χ1n) is 5.09.